The largest absolute Gasteiger partial charge is 0.347 e. The molecule has 1 atom stereocenters. The average molecular weight is 372 g/mol. The number of carbonyl (C=O) groups excluding carboxylic acids is 2. The summed E-state index contributed by atoms with van der Waals surface area (Å²) in [5.74, 6) is -1.72. The van der Waals surface area contributed by atoms with E-state index in [4.69, 9.17) is 0 Å². The van der Waals surface area contributed by atoms with Gasteiger partial charge in [-0.1, -0.05) is 36.4 Å². The van der Waals surface area contributed by atoms with Gasteiger partial charge in [-0.05, 0) is 37.1 Å². The third kappa shape index (κ3) is 3.62. The lowest BCUT2D eigenvalue weighted by Crippen LogP contribution is -2.46. The van der Waals surface area contributed by atoms with Crippen molar-refractivity contribution in [1.82, 2.24) is 5.32 Å². The summed E-state index contributed by atoms with van der Waals surface area (Å²) in [6, 6.07) is 15.4. The van der Waals surface area contributed by atoms with Gasteiger partial charge in [0.1, 0.15) is 0 Å². The van der Waals surface area contributed by atoms with Gasteiger partial charge in [0.05, 0.1) is 10.6 Å². The standard InChI is InChI=1S/C19H20N2O4S/c1-14-13-15-7-5-6-10-17(15)21(14)19(23)18(22)20-11-12-26(24,25)16-8-3-2-4-9-16/h2-10,14H,11-13H2,1H3,(H,20,22). The van der Waals surface area contributed by atoms with Gasteiger partial charge in [0, 0.05) is 18.3 Å². The molecule has 3 rings (SSSR count). The van der Waals surface area contributed by atoms with Crippen LogP contribution in [0.4, 0.5) is 5.69 Å². The molecule has 0 saturated heterocycles. The van der Waals surface area contributed by atoms with Gasteiger partial charge in [-0.25, -0.2) is 8.42 Å². The Morgan fingerprint density at radius 3 is 2.46 bits per heavy atom. The number of hydrogen-bond acceptors (Lipinski definition) is 4. The summed E-state index contributed by atoms with van der Waals surface area (Å²) in [6.45, 7) is 1.76. The third-order valence-electron chi connectivity index (χ3n) is 4.38. The summed E-state index contributed by atoms with van der Waals surface area (Å²) in [5, 5.41) is 2.43. The van der Waals surface area contributed by atoms with Gasteiger partial charge in [-0.2, -0.15) is 0 Å². The smallest absolute Gasteiger partial charge is 0.316 e. The quantitative estimate of drug-likeness (QED) is 0.826. The molecule has 1 heterocycles. The fraction of sp³-hybridized carbons (Fsp3) is 0.263. The molecule has 26 heavy (non-hydrogen) atoms. The first-order chi connectivity index (χ1) is 12.4. The molecule has 1 unspecified atom stereocenters. The Kier molecular flexibility index (Phi) is 5.08. The molecule has 0 aromatic heterocycles. The maximum absolute atomic E-state index is 12.5. The van der Waals surface area contributed by atoms with E-state index in [-0.39, 0.29) is 23.2 Å². The molecule has 2 aromatic carbocycles. The zero-order valence-electron chi connectivity index (χ0n) is 14.4. The number of benzene rings is 2. The van der Waals surface area contributed by atoms with E-state index >= 15 is 0 Å². The SMILES string of the molecule is CC1Cc2ccccc2N1C(=O)C(=O)NCCS(=O)(=O)c1ccccc1. The van der Waals surface area contributed by atoms with Crippen LogP contribution in [-0.4, -0.2) is 38.6 Å². The van der Waals surface area contributed by atoms with E-state index in [9.17, 15) is 18.0 Å². The fourth-order valence-electron chi connectivity index (χ4n) is 3.10. The van der Waals surface area contributed by atoms with Crippen molar-refractivity contribution in [3.05, 3.63) is 60.2 Å². The van der Waals surface area contributed by atoms with Gasteiger partial charge in [0.15, 0.2) is 9.84 Å². The first kappa shape index (κ1) is 18.1. The van der Waals surface area contributed by atoms with Gasteiger partial charge in [-0.15, -0.1) is 0 Å². The van der Waals surface area contributed by atoms with Crippen molar-refractivity contribution in [3.63, 3.8) is 0 Å². The van der Waals surface area contributed by atoms with E-state index in [0.717, 1.165) is 11.3 Å². The summed E-state index contributed by atoms with van der Waals surface area (Å²) in [7, 11) is -3.50. The van der Waals surface area contributed by atoms with Crippen molar-refractivity contribution in [3.8, 4) is 0 Å². The van der Waals surface area contributed by atoms with Crippen LogP contribution in [0.5, 0.6) is 0 Å². The molecule has 1 aliphatic rings. The molecule has 7 heteroatoms. The molecule has 1 aliphatic heterocycles. The first-order valence-electron chi connectivity index (χ1n) is 8.37. The topological polar surface area (TPSA) is 83.6 Å². The van der Waals surface area contributed by atoms with E-state index in [0.29, 0.717) is 6.42 Å². The Morgan fingerprint density at radius 2 is 1.73 bits per heavy atom. The Morgan fingerprint density at radius 1 is 1.08 bits per heavy atom. The lowest BCUT2D eigenvalue weighted by molar-refractivity contribution is -0.137. The Bertz CT molecular complexity index is 926. The minimum absolute atomic E-state index is 0.112. The molecule has 0 aliphatic carbocycles. The number of rotatable bonds is 4. The number of anilines is 1. The van der Waals surface area contributed by atoms with E-state index < -0.39 is 21.7 Å². The molecule has 0 spiro atoms. The number of sulfone groups is 1. The highest BCUT2D eigenvalue weighted by atomic mass is 32.2. The molecule has 0 radical (unpaired) electrons. The van der Waals surface area contributed by atoms with Gasteiger partial charge in [-0.3, -0.25) is 9.59 Å². The van der Waals surface area contributed by atoms with Gasteiger partial charge in [0.2, 0.25) is 0 Å². The van der Waals surface area contributed by atoms with E-state index in [1.54, 1.807) is 18.2 Å². The van der Waals surface area contributed by atoms with Crippen LogP contribution in [0.1, 0.15) is 12.5 Å². The van der Waals surface area contributed by atoms with Crippen LogP contribution in [-0.2, 0) is 25.8 Å². The molecular formula is C19H20N2O4S. The Hall–Kier alpha value is -2.67. The minimum Gasteiger partial charge on any atom is -0.347 e. The number of amides is 2. The van der Waals surface area contributed by atoms with Crippen LogP contribution < -0.4 is 10.2 Å². The van der Waals surface area contributed by atoms with Crippen molar-refractivity contribution in [2.24, 2.45) is 0 Å². The van der Waals surface area contributed by atoms with Crippen molar-refractivity contribution in [1.29, 1.82) is 0 Å². The highest BCUT2D eigenvalue weighted by molar-refractivity contribution is 7.91. The molecule has 2 amide bonds. The summed E-state index contributed by atoms with van der Waals surface area (Å²) in [4.78, 5) is 26.4. The number of carbonyl (C=O) groups is 2. The van der Waals surface area contributed by atoms with Gasteiger partial charge in [0.25, 0.3) is 0 Å². The highest BCUT2D eigenvalue weighted by Gasteiger charge is 2.34. The molecule has 2 aromatic rings. The minimum atomic E-state index is -3.50. The van der Waals surface area contributed by atoms with Crippen LogP contribution in [0.2, 0.25) is 0 Å². The first-order valence-corrected chi connectivity index (χ1v) is 10.0. The molecule has 1 N–H and O–H groups in total. The maximum atomic E-state index is 12.5. The van der Waals surface area contributed by atoms with Crippen LogP contribution >= 0.6 is 0 Å². The van der Waals surface area contributed by atoms with Crippen LogP contribution in [0.15, 0.2) is 59.5 Å². The second kappa shape index (κ2) is 7.29. The molecule has 6 nitrogen and oxygen atoms in total. The lowest BCUT2D eigenvalue weighted by Gasteiger charge is -2.21. The average Bonchev–Trinajstić information content (AvgIpc) is 2.97. The normalized spacial score (nSPS) is 16.2. The van der Waals surface area contributed by atoms with Crippen molar-refractivity contribution < 1.29 is 18.0 Å². The predicted octanol–water partition coefficient (Wildman–Crippen LogP) is 1.55. The predicted molar refractivity (Wildman–Crippen MR) is 98.6 cm³/mol. The Labute approximate surface area is 152 Å². The zero-order chi connectivity index (χ0) is 18.7. The van der Waals surface area contributed by atoms with Gasteiger partial charge >= 0.3 is 11.8 Å². The molecule has 0 saturated carbocycles. The van der Waals surface area contributed by atoms with Crippen LogP contribution in [0, 0.1) is 0 Å². The second-order valence-electron chi connectivity index (χ2n) is 6.24. The van der Waals surface area contributed by atoms with Crippen LogP contribution in [0.3, 0.4) is 0 Å². The summed E-state index contributed by atoms with van der Waals surface area (Å²) >= 11 is 0. The fourth-order valence-corrected chi connectivity index (χ4v) is 4.28. The third-order valence-corrected chi connectivity index (χ3v) is 6.11. The molecule has 0 bridgehead atoms. The van der Waals surface area contributed by atoms with Crippen molar-refractivity contribution in [2.75, 3.05) is 17.2 Å². The monoisotopic (exact) mass is 372 g/mol. The number of nitrogens with one attached hydrogen (secondary N) is 1. The van der Waals surface area contributed by atoms with Gasteiger partial charge < -0.3 is 10.2 Å². The van der Waals surface area contributed by atoms with E-state index in [2.05, 4.69) is 5.32 Å². The van der Waals surface area contributed by atoms with Crippen molar-refractivity contribution >= 4 is 27.3 Å². The zero-order valence-corrected chi connectivity index (χ0v) is 15.2. The number of fused-ring (bicyclic) bond motifs is 1. The van der Waals surface area contributed by atoms with E-state index in [1.807, 2.05) is 31.2 Å². The summed E-state index contributed by atoms with van der Waals surface area (Å²) in [5.41, 5.74) is 1.75. The second-order valence-corrected chi connectivity index (χ2v) is 8.35. The Balaban J connectivity index is 1.61. The molecule has 0 fully saturated rings. The summed E-state index contributed by atoms with van der Waals surface area (Å²) < 4.78 is 24.4. The van der Waals surface area contributed by atoms with E-state index in [1.165, 1.54) is 17.0 Å². The maximum Gasteiger partial charge on any atom is 0.316 e. The highest BCUT2D eigenvalue weighted by Crippen LogP contribution is 2.31. The van der Waals surface area contributed by atoms with Crippen molar-refractivity contribution in [2.45, 2.75) is 24.3 Å². The number of nitrogens with zero attached hydrogens (tertiary/aromatic N) is 1. The summed E-state index contributed by atoms with van der Waals surface area (Å²) in [6.07, 6.45) is 0.692. The number of hydrogen-bond donors (Lipinski definition) is 1. The lowest BCUT2D eigenvalue weighted by atomic mass is 10.1. The molecular weight excluding hydrogens is 352 g/mol. The van der Waals surface area contributed by atoms with Crippen LogP contribution in [0.25, 0.3) is 0 Å². The molecule has 136 valence electrons. The number of para-hydroxylation sites is 1.